The van der Waals surface area contributed by atoms with Crippen LogP contribution in [-0.4, -0.2) is 43.2 Å². The zero-order valence-corrected chi connectivity index (χ0v) is 14.1. The van der Waals surface area contributed by atoms with E-state index in [4.69, 9.17) is 0 Å². The van der Waals surface area contributed by atoms with E-state index in [0.717, 1.165) is 24.7 Å². The monoisotopic (exact) mass is 351 g/mol. The Hall–Kier alpha value is -2.51. The molecule has 0 bridgehead atoms. The van der Waals surface area contributed by atoms with Gasteiger partial charge in [-0.25, -0.2) is 4.98 Å². The molecule has 1 atom stereocenters. The van der Waals surface area contributed by atoms with E-state index < -0.39 is 11.9 Å². The summed E-state index contributed by atoms with van der Waals surface area (Å²) in [5.41, 5.74) is 0.164. The lowest BCUT2D eigenvalue weighted by Gasteiger charge is -2.20. The highest BCUT2D eigenvalue weighted by atomic mass is 19.4. The van der Waals surface area contributed by atoms with Crippen LogP contribution in [0.1, 0.15) is 12.1 Å². The molecule has 0 aliphatic carbocycles. The molecule has 1 unspecified atom stereocenters. The summed E-state index contributed by atoms with van der Waals surface area (Å²) in [7, 11) is 3.30. The fourth-order valence-electron chi connectivity index (χ4n) is 2.81. The number of nitrogens with zero attached hydrogens (tertiary/aromatic N) is 4. The topological polar surface area (TPSA) is 44.3 Å². The molecule has 0 radical (unpaired) electrons. The van der Waals surface area contributed by atoms with E-state index >= 15 is 0 Å². The number of hydrogen-bond acceptors (Lipinski definition) is 5. The van der Waals surface area contributed by atoms with E-state index in [-0.39, 0.29) is 17.8 Å². The highest BCUT2D eigenvalue weighted by Crippen LogP contribution is 2.30. The van der Waals surface area contributed by atoms with Crippen LogP contribution >= 0.6 is 0 Å². The molecule has 1 fully saturated rings. The molecular formula is C17H20F3N5. The lowest BCUT2D eigenvalue weighted by molar-refractivity contribution is -0.141. The van der Waals surface area contributed by atoms with Crippen molar-refractivity contribution in [3.8, 4) is 0 Å². The van der Waals surface area contributed by atoms with Crippen molar-refractivity contribution >= 4 is 17.5 Å². The summed E-state index contributed by atoms with van der Waals surface area (Å²) in [5.74, 6) is 0.237. The van der Waals surface area contributed by atoms with Gasteiger partial charge in [-0.1, -0.05) is 18.2 Å². The summed E-state index contributed by atoms with van der Waals surface area (Å²) in [4.78, 5) is 11.6. The summed E-state index contributed by atoms with van der Waals surface area (Å²) in [5, 5.41) is 3.06. The van der Waals surface area contributed by atoms with Crippen LogP contribution in [0.15, 0.2) is 36.4 Å². The molecule has 1 aromatic carbocycles. The number of aromatic nitrogens is 2. The Morgan fingerprint density at radius 1 is 1.16 bits per heavy atom. The SMILES string of the molecule is CN(C)c1cc(C(F)(F)F)nc(NC2CCN(c3ccccc3)C2)n1. The molecule has 134 valence electrons. The standard InChI is InChI=1S/C17H20F3N5/c1-24(2)15-10-14(17(18,19)20)22-16(23-15)21-12-8-9-25(11-12)13-6-4-3-5-7-13/h3-7,10,12H,8-9,11H2,1-2H3,(H,21,22,23). The van der Waals surface area contributed by atoms with Crippen LogP contribution in [-0.2, 0) is 6.18 Å². The van der Waals surface area contributed by atoms with E-state index in [2.05, 4.69) is 20.2 Å². The van der Waals surface area contributed by atoms with Crippen molar-refractivity contribution in [1.82, 2.24) is 9.97 Å². The van der Waals surface area contributed by atoms with Gasteiger partial charge in [0.1, 0.15) is 5.82 Å². The number of anilines is 3. The summed E-state index contributed by atoms with van der Waals surface area (Å²) >= 11 is 0. The lowest BCUT2D eigenvalue weighted by Crippen LogP contribution is -2.27. The highest BCUT2D eigenvalue weighted by Gasteiger charge is 2.34. The zero-order valence-electron chi connectivity index (χ0n) is 14.1. The van der Waals surface area contributed by atoms with Gasteiger partial charge in [0.25, 0.3) is 0 Å². The van der Waals surface area contributed by atoms with E-state index in [1.165, 1.54) is 4.90 Å². The molecule has 0 saturated carbocycles. The molecule has 1 aliphatic heterocycles. The minimum absolute atomic E-state index is 0.00120. The second kappa shape index (κ2) is 6.78. The molecule has 3 rings (SSSR count). The first-order chi connectivity index (χ1) is 11.8. The summed E-state index contributed by atoms with van der Waals surface area (Å²) in [6, 6.07) is 10.9. The maximum absolute atomic E-state index is 13.1. The smallest absolute Gasteiger partial charge is 0.369 e. The zero-order chi connectivity index (χ0) is 18.0. The predicted octanol–water partition coefficient (Wildman–Crippen LogP) is 3.25. The molecule has 2 heterocycles. The van der Waals surface area contributed by atoms with Gasteiger partial charge < -0.3 is 15.1 Å². The van der Waals surface area contributed by atoms with Gasteiger partial charge in [-0.3, -0.25) is 0 Å². The van der Waals surface area contributed by atoms with Gasteiger partial charge >= 0.3 is 6.18 Å². The first-order valence-electron chi connectivity index (χ1n) is 8.03. The van der Waals surface area contributed by atoms with Crippen molar-refractivity contribution in [3.63, 3.8) is 0 Å². The first-order valence-corrected chi connectivity index (χ1v) is 8.03. The van der Waals surface area contributed by atoms with Crippen LogP contribution in [0.5, 0.6) is 0 Å². The summed E-state index contributed by atoms with van der Waals surface area (Å²) in [6.45, 7) is 1.53. The van der Waals surface area contributed by atoms with Gasteiger partial charge in [-0.2, -0.15) is 18.2 Å². The fraction of sp³-hybridized carbons (Fsp3) is 0.412. The van der Waals surface area contributed by atoms with Crippen LogP contribution in [0.2, 0.25) is 0 Å². The molecule has 0 amide bonds. The van der Waals surface area contributed by atoms with Crippen LogP contribution in [0, 0.1) is 0 Å². The Morgan fingerprint density at radius 3 is 2.52 bits per heavy atom. The summed E-state index contributed by atoms with van der Waals surface area (Å²) < 4.78 is 39.2. The molecule has 0 spiro atoms. The van der Waals surface area contributed by atoms with Crippen molar-refractivity contribution in [3.05, 3.63) is 42.1 Å². The second-order valence-electron chi connectivity index (χ2n) is 6.24. The van der Waals surface area contributed by atoms with E-state index in [1.807, 2.05) is 30.3 Å². The Kier molecular flexibility index (Phi) is 4.69. The van der Waals surface area contributed by atoms with Crippen molar-refractivity contribution in [2.45, 2.75) is 18.6 Å². The largest absolute Gasteiger partial charge is 0.433 e. The number of rotatable bonds is 4. The third-order valence-electron chi connectivity index (χ3n) is 4.10. The number of benzene rings is 1. The molecule has 8 heteroatoms. The molecule has 1 N–H and O–H groups in total. The number of nitrogens with one attached hydrogen (secondary N) is 1. The minimum Gasteiger partial charge on any atom is -0.369 e. The predicted molar refractivity (Wildman–Crippen MR) is 92.0 cm³/mol. The Labute approximate surface area is 144 Å². The molecular weight excluding hydrogens is 331 g/mol. The quantitative estimate of drug-likeness (QED) is 0.916. The first kappa shape index (κ1) is 17.3. The molecule has 1 saturated heterocycles. The maximum atomic E-state index is 13.1. The van der Waals surface area contributed by atoms with Gasteiger partial charge in [0.2, 0.25) is 5.95 Å². The van der Waals surface area contributed by atoms with Gasteiger partial charge in [0.05, 0.1) is 0 Å². The number of alkyl halides is 3. The third-order valence-corrected chi connectivity index (χ3v) is 4.10. The van der Waals surface area contributed by atoms with E-state index in [1.54, 1.807) is 14.1 Å². The van der Waals surface area contributed by atoms with Gasteiger partial charge in [-0.05, 0) is 18.6 Å². The van der Waals surface area contributed by atoms with Crippen LogP contribution in [0.3, 0.4) is 0 Å². The second-order valence-corrected chi connectivity index (χ2v) is 6.24. The highest BCUT2D eigenvalue weighted by molar-refractivity contribution is 5.49. The maximum Gasteiger partial charge on any atom is 0.433 e. The van der Waals surface area contributed by atoms with Crippen LogP contribution < -0.4 is 15.1 Å². The molecule has 5 nitrogen and oxygen atoms in total. The Morgan fingerprint density at radius 2 is 1.88 bits per heavy atom. The lowest BCUT2D eigenvalue weighted by atomic mass is 10.2. The molecule has 1 aromatic heterocycles. The molecule has 1 aliphatic rings. The molecule has 2 aromatic rings. The average Bonchev–Trinajstić information content (AvgIpc) is 3.03. The Bertz CT molecular complexity index is 718. The van der Waals surface area contributed by atoms with Crippen molar-refractivity contribution in [2.75, 3.05) is 42.3 Å². The number of para-hydroxylation sites is 1. The fourth-order valence-corrected chi connectivity index (χ4v) is 2.81. The normalized spacial score (nSPS) is 17.6. The van der Waals surface area contributed by atoms with Gasteiger partial charge in [-0.15, -0.1) is 0 Å². The number of hydrogen-bond donors (Lipinski definition) is 1. The Balaban J connectivity index is 1.76. The minimum atomic E-state index is -4.50. The average molecular weight is 351 g/mol. The van der Waals surface area contributed by atoms with Gasteiger partial charge in [0, 0.05) is 45.0 Å². The van der Waals surface area contributed by atoms with Crippen molar-refractivity contribution < 1.29 is 13.2 Å². The van der Waals surface area contributed by atoms with E-state index in [0.29, 0.717) is 6.54 Å². The van der Waals surface area contributed by atoms with Crippen LogP contribution in [0.25, 0.3) is 0 Å². The van der Waals surface area contributed by atoms with Gasteiger partial charge in [0.15, 0.2) is 5.69 Å². The van der Waals surface area contributed by atoms with Crippen molar-refractivity contribution in [2.24, 2.45) is 0 Å². The molecule has 25 heavy (non-hydrogen) atoms. The van der Waals surface area contributed by atoms with Crippen molar-refractivity contribution in [1.29, 1.82) is 0 Å². The number of halogens is 3. The van der Waals surface area contributed by atoms with E-state index in [9.17, 15) is 13.2 Å². The summed E-state index contributed by atoms with van der Waals surface area (Å²) in [6.07, 6.45) is -3.69. The third kappa shape index (κ3) is 4.12. The van der Waals surface area contributed by atoms with Crippen LogP contribution in [0.4, 0.5) is 30.6 Å².